The number of carbonyl (C=O) groups is 2. The van der Waals surface area contributed by atoms with Crippen molar-refractivity contribution in [3.05, 3.63) is 0 Å². The van der Waals surface area contributed by atoms with E-state index in [4.69, 9.17) is 0 Å². The van der Waals surface area contributed by atoms with Gasteiger partial charge in [-0.3, -0.25) is 9.59 Å². The second-order valence-electron chi connectivity index (χ2n) is 3.92. The lowest BCUT2D eigenvalue weighted by atomic mass is 10.1. The number of piperazine rings is 1. The van der Waals surface area contributed by atoms with Crippen LogP contribution in [-0.4, -0.2) is 46.6 Å². The summed E-state index contributed by atoms with van der Waals surface area (Å²) in [6.07, 6.45) is 0.786. The second-order valence-corrected chi connectivity index (χ2v) is 3.92. The quantitative estimate of drug-likeness (QED) is 0.559. The molecule has 0 aromatic rings. The largest absolute Gasteiger partial charge is 0.391 e. The molecule has 0 aliphatic carbocycles. The minimum atomic E-state index is -0.826. The lowest BCUT2D eigenvalue weighted by Gasteiger charge is -2.35. The Morgan fingerprint density at radius 2 is 2.29 bits per heavy atom. The molecule has 0 spiro atoms. The van der Waals surface area contributed by atoms with Crippen molar-refractivity contribution in [1.82, 2.24) is 10.2 Å². The van der Waals surface area contributed by atoms with Crippen LogP contribution in [-0.2, 0) is 9.59 Å². The van der Waals surface area contributed by atoms with Crippen LogP contribution in [0.3, 0.4) is 0 Å². The second kappa shape index (κ2) is 3.24. The van der Waals surface area contributed by atoms with E-state index in [-0.39, 0.29) is 17.9 Å². The third-order valence-corrected chi connectivity index (χ3v) is 2.88. The summed E-state index contributed by atoms with van der Waals surface area (Å²) in [5, 5.41) is 11.9. The van der Waals surface area contributed by atoms with Crippen LogP contribution < -0.4 is 5.32 Å². The van der Waals surface area contributed by atoms with Crippen LogP contribution in [0.25, 0.3) is 0 Å². The van der Waals surface area contributed by atoms with Gasteiger partial charge in [0.2, 0.25) is 11.8 Å². The van der Waals surface area contributed by atoms with E-state index >= 15 is 0 Å². The van der Waals surface area contributed by atoms with Crippen LogP contribution >= 0.6 is 0 Å². The van der Waals surface area contributed by atoms with E-state index in [1.54, 1.807) is 4.90 Å². The van der Waals surface area contributed by atoms with Gasteiger partial charge in [0.15, 0.2) is 0 Å². The zero-order valence-corrected chi connectivity index (χ0v) is 8.06. The summed E-state index contributed by atoms with van der Waals surface area (Å²) >= 11 is 0. The number of hydrogen-bond acceptors (Lipinski definition) is 3. The molecule has 14 heavy (non-hydrogen) atoms. The summed E-state index contributed by atoms with van der Waals surface area (Å²) < 4.78 is 0. The summed E-state index contributed by atoms with van der Waals surface area (Å²) in [7, 11) is 0. The molecule has 0 bridgehead atoms. The molecule has 2 heterocycles. The predicted molar refractivity (Wildman–Crippen MR) is 48.3 cm³/mol. The lowest BCUT2D eigenvalue weighted by molar-refractivity contribution is -0.149. The number of carbonyl (C=O) groups excluding carboxylic acids is 2. The third kappa shape index (κ3) is 1.28. The summed E-state index contributed by atoms with van der Waals surface area (Å²) in [5.41, 5.74) is 0. The molecular weight excluding hydrogens is 184 g/mol. The molecule has 78 valence electrons. The van der Waals surface area contributed by atoms with Gasteiger partial charge in [-0.05, 0) is 19.8 Å². The van der Waals surface area contributed by atoms with Gasteiger partial charge in [-0.1, -0.05) is 0 Å². The first kappa shape index (κ1) is 9.45. The van der Waals surface area contributed by atoms with Gasteiger partial charge in [-0.2, -0.15) is 0 Å². The number of aliphatic hydroxyl groups excluding tert-OH is 1. The molecule has 0 radical (unpaired) electrons. The molecule has 0 saturated carbocycles. The molecule has 0 unspecified atom stereocenters. The SMILES string of the molecule is C[C@@H](O)[C@@H]1NC(=O)[C@@H]2CCCN2C1=O. The Hall–Kier alpha value is -1.10. The Morgan fingerprint density at radius 3 is 2.93 bits per heavy atom. The summed E-state index contributed by atoms with van der Waals surface area (Å²) in [4.78, 5) is 24.8. The van der Waals surface area contributed by atoms with E-state index < -0.39 is 12.1 Å². The molecule has 5 heteroatoms. The highest BCUT2D eigenvalue weighted by molar-refractivity contribution is 5.97. The highest BCUT2D eigenvalue weighted by Gasteiger charge is 2.44. The van der Waals surface area contributed by atoms with E-state index in [9.17, 15) is 14.7 Å². The van der Waals surface area contributed by atoms with E-state index in [0.29, 0.717) is 6.54 Å². The predicted octanol–water partition coefficient (Wildman–Crippen LogP) is -1.14. The topological polar surface area (TPSA) is 69.6 Å². The average molecular weight is 198 g/mol. The first-order valence-corrected chi connectivity index (χ1v) is 4.90. The highest BCUT2D eigenvalue weighted by Crippen LogP contribution is 2.22. The van der Waals surface area contributed by atoms with Gasteiger partial charge in [-0.15, -0.1) is 0 Å². The number of fused-ring (bicyclic) bond motifs is 1. The lowest BCUT2D eigenvalue weighted by Crippen LogP contribution is -2.64. The summed E-state index contributed by atoms with van der Waals surface area (Å²) in [6.45, 7) is 2.15. The minimum absolute atomic E-state index is 0.131. The standard InChI is InChI=1S/C9H14N2O3/c1-5(12)7-9(14)11-4-2-3-6(11)8(13)10-7/h5-7,12H,2-4H2,1H3,(H,10,13)/t5-,6+,7+/m1/s1. The third-order valence-electron chi connectivity index (χ3n) is 2.88. The first-order valence-electron chi connectivity index (χ1n) is 4.90. The first-order chi connectivity index (χ1) is 6.61. The average Bonchev–Trinajstić information content (AvgIpc) is 2.59. The van der Waals surface area contributed by atoms with Crippen LogP contribution in [0.5, 0.6) is 0 Å². The fourth-order valence-electron chi connectivity index (χ4n) is 2.12. The summed E-state index contributed by atoms with van der Waals surface area (Å²) in [5.74, 6) is -0.282. The van der Waals surface area contributed by atoms with Gasteiger partial charge in [-0.25, -0.2) is 0 Å². The van der Waals surface area contributed by atoms with Gasteiger partial charge < -0.3 is 15.3 Å². The van der Waals surface area contributed by atoms with Crippen LogP contribution in [0.1, 0.15) is 19.8 Å². The normalized spacial score (nSPS) is 34.0. The number of hydrogen-bond donors (Lipinski definition) is 2. The van der Waals surface area contributed by atoms with Gasteiger partial charge in [0, 0.05) is 6.54 Å². The monoisotopic (exact) mass is 198 g/mol. The fourth-order valence-corrected chi connectivity index (χ4v) is 2.12. The van der Waals surface area contributed by atoms with Crippen molar-refractivity contribution in [2.45, 2.75) is 38.0 Å². The van der Waals surface area contributed by atoms with Crippen LogP contribution in [0.2, 0.25) is 0 Å². The molecule has 2 saturated heterocycles. The number of nitrogens with zero attached hydrogens (tertiary/aromatic N) is 1. The Labute approximate surface area is 82.1 Å². The Bertz CT molecular complexity index is 273. The molecule has 3 atom stereocenters. The van der Waals surface area contributed by atoms with Crippen molar-refractivity contribution in [2.75, 3.05) is 6.54 Å². The fraction of sp³-hybridized carbons (Fsp3) is 0.778. The molecular formula is C9H14N2O3. The molecule has 2 N–H and O–H groups in total. The Balaban J connectivity index is 2.20. The van der Waals surface area contributed by atoms with Gasteiger partial charge in [0.25, 0.3) is 0 Å². The Kier molecular flexibility index (Phi) is 2.19. The van der Waals surface area contributed by atoms with Crippen molar-refractivity contribution in [3.8, 4) is 0 Å². The maximum Gasteiger partial charge on any atom is 0.248 e. The van der Waals surface area contributed by atoms with Gasteiger partial charge in [0.1, 0.15) is 12.1 Å². The Morgan fingerprint density at radius 1 is 1.57 bits per heavy atom. The zero-order valence-electron chi connectivity index (χ0n) is 8.06. The van der Waals surface area contributed by atoms with Crippen molar-refractivity contribution in [1.29, 1.82) is 0 Å². The van der Waals surface area contributed by atoms with Crippen molar-refractivity contribution >= 4 is 11.8 Å². The summed E-state index contributed by atoms with van der Waals surface area (Å²) in [6, 6.07) is -1.05. The number of amides is 2. The molecule has 2 amide bonds. The van der Waals surface area contributed by atoms with Crippen LogP contribution in [0.4, 0.5) is 0 Å². The molecule has 2 aliphatic heterocycles. The highest BCUT2D eigenvalue weighted by atomic mass is 16.3. The van der Waals surface area contributed by atoms with Gasteiger partial charge >= 0.3 is 0 Å². The number of aliphatic hydroxyl groups is 1. The van der Waals surface area contributed by atoms with E-state index in [0.717, 1.165) is 12.8 Å². The van der Waals surface area contributed by atoms with E-state index in [2.05, 4.69) is 5.32 Å². The molecule has 0 aromatic heterocycles. The van der Waals surface area contributed by atoms with Crippen molar-refractivity contribution < 1.29 is 14.7 Å². The molecule has 2 rings (SSSR count). The minimum Gasteiger partial charge on any atom is -0.391 e. The number of nitrogens with one attached hydrogen (secondary N) is 1. The maximum absolute atomic E-state index is 11.7. The van der Waals surface area contributed by atoms with Crippen LogP contribution in [0, 0.1) is 0 Å². The zero-order chi connectivity index (χ0) is 10.3. The van der Waals surface area contributed by atoms with Gasteiger partial charge in [0.05, 0.1) is 6.10 Å². The molecule has 5 nitrogen and oxygen atoms in total. The van der Waals surface area contributed by atoms with Crippen LogP contribution in [0.15, 0.2) is 0 Å². The van der Waals surface area contributed by atoms with Crippen molar-refractivity contribution in [2.24, 2.45) is 0 Å². The molecule has 0 aromatic carbocycles. The molecule has 2 aliphatic rings. The molecule has 2 fully saturated rings. The van der Waals surface area contributed by atoms with E-state index in [1.807, 2.05) is 0 Å². The number of rotatable bonds is 1. The van der Waals surface area contributed by atoms with E-state index in [1.165, 1.54) is 6.92 Å². The van der Waals surface area contributed by atoms with Crippen molar-refractivity contribution in [3.63, 3.8) is 0 Å². The smallest absolute Gasteiger partial charge is 0.248 e. The maximum atomic E-state index is 11.7.